The Hall–Kier alpha value is -4.56. The molecule has 174 valence electrons. The monoisotopic (exact) mass is 462 g/mol. The number of benzene rings is 4. The summed E-state index contributed by atoms with van der Waals surface area (Å²) in [6.45, 7) is 4.49. The first-order valence-electron chi connectivity index (χ1n) is 11.3. The Bertz CT molecular complexity index is 1430. The Morgan fingerprint density at radius 1 is 0.971 bits per heavy atom. The van der Waals surface area contributed by atoms with Crippen LogP contribution in [0.3, 0.4) is 0 Å². The third-order valence-electron chi connectivity index (χ3n) is 5.61. The van der Waals surface area contributed by atoms with E-state index in [9.17, 15) is 10.1 Å². The van der Waals surface area contributed by atoms with Crippen LogP contribution in [0.15, 0.2) is 84.4 Å². The fourth-order valence-electron chi connectivity index (χ4n) is 4.03. The van der Waals surface area contributed by atoms with Gasteiger partial charge in [0.15, 0.2) is 0 Å². The predicted octanol–water partition coefficient (Wildman–Crippen LogP) is 6.59. The van der Waals surface area contributed by atoms with Crippen LogP contribution >= 0.6 is 0 Å². The minimum Gasteiger partial charge on any atom is -0.497 e. The van der Waals surface area contributed by atoms with Crippen molar-refractivity contribution in [3.8, 4) is 17.6 Å². The smallest absolute Gasteiger partial charge is 0.266 e. The lowest BCUT2D eigenvalue weighted by molar-refractivity contribution is -0.112. The topological polar surface area (TPSA) is 71.3 Å². The number of carbonyl (C=O) groups excluding carboxylic acids is 1. The van der Waals surface area contributed by atoms with Gasteiger partial charge in [0.1, 0.15) is 29.7 Å². The largest absolute Gasteiger partial charge is 0.497 e. The lowest BCUT2D eigenvalue weighted by atomic mass is 10.0. The summed E-state index contributed by atoms with van der Waals surface area (Å²) < 4.78 is 11.4. The summed E-state index contributed by atoms with van der Waals surface area (Å²) in [6.07, 6.45) is 1.60. The standard InChI is InChI=1S/C30H26N2O3/c1-20-14-21(2)16-22(15-20)19-35-29-13-8-23-6-4-5-7-27(23)28(29)17-24(18-31)30(33)32-25-9-11-26(34-3)12-10-25/h4-17H,19H2,1-3H3,(H,32,33)/b24-17+. The minimum atomic E-state index is -0.495. The molecule has 0 aliphatic heterocycles. The van der Waals surface area contributed by atoms with Crippen molar-refractivity contribution in [3.05, 3.63) is 107 Å². The molecule has 4 rings (SSSR count). The van der Waals surface area contributed by atoms with Crippen molar-refractivity contribution in [2.24, 2.45) is 0 Å². The van der Waals surface area contributed by atoms with Crippen molar-refractivity contribution in [1.29, 1.82) is 5.26 Å². The van der Waals surface area contributed by atoms with Crippen molar-refractivity contribution in [2.75, 3.05) is 12.4 Å². The summed E-state index contributed by atoms with van der Waals surface area (Å²) in [6, 6.07) is 27.0. The van der Waals surface area contributed by atoms with Gasteiger partial charge in [0.2, 0.25) is 0 Å². The van der Waals surface area contributed by atoms with Crippen LogP contribution in [0.5, 0.6) is 11.5 Å². The number of aryl methyl sites for hydroxylation is 2. The van der Waals surface area contributed by atoms with Crippen molar-refractivity contribution in [3.63, 3.8) is 0 Å². The van der Waals surface area contributed by atoms with Gasteiger partial charge in [-0.1, -0.05) is 59.7 Å². The highest BCUT2D eigenvalue weighted by Crippen LogP contribution is 2.31. The van der Waals surface area contributed by atoms with Crippen molar-refractivity contribution in [2.45, 2.75) is 20.5 Å². The second-order valence-electron chi connectivity index (χ2n) is 8.34. The molecule has 4 aromatic rings. The molecule has 0 atom stereocenters. The van der Waals surface area contributed by atoms with E-state index in [-0.39, 0.29) is 5.57 Å². The average molecular weight is 463 g/mol. The molecule has 5 heteroatoms. The molecule has 1 N–H and O–H groups in total. The summed E-state index contributed by atoms with van der Waals surface area (Å²) in [5.41, 5.74) is 4.64. The van der Waals surface area contributed by atoms with Crippen molar-refractivity contribution in [1.82, 2.24) is 0 Å². The van der Waals surface area contributed by atoms with E-state index in [1.807, 2.05) is 42.5 Å². The van der Waals surface area contributed by atoms with Crippen LogP contribution in [0.1, 0.15) is 22.3 Å². The molecule has 0 heterocycles. The predicted molar refractivity (Wildman–Crippen MR) is 139 cm³/mol. The molecule has 5 nitrogen and oxygen atoms in total. The number of nitrogens with one attached hydrogen (secondary N) is 1. The molecular weight excluding hydrogens is 436 g/mol. The number of fused-ring (bicyclic) bond motifs is 1. The van der Waals surface area contributed by atoms with Gasteiger partial charge in [-0.15, -0.1) is 0 Å². The zero-order valence-corrected chi connectivity index (χ0v) is 20.0. The molecule has 4 aromatic carbocycles. The normalized spacial score (nSPS) is 11.1. The van der Waals surface area contributed by atoms with E-state index in [4.69, 9.17) is 9.47 Å². The lowest BCUT2D eigenvalue weighted by Gasteiger charge is -2.14. The lowest BCUT2D eigenvalue weighted by Crippen LogP contribution is -2.13. The summed E-state index contributed by atoms with van der Waals surface area (Å²) in [5.74, 6) is 0.791. The minimum absolute atomic E-state index is 0.0200. The average Bonchev–Trinajstić information content (AvgIpc) is 2.86. The molecule has 0 aliphatic rings. The Labute approximate surface area is 205 Å². The molecule has 0 bridgehead atoms. The number of hydrogen-bond donors (Lipinski definition) is 1. The van der Waals surface area contributed by atoms with Crippen molar-refractivity contribution >= 4 is 28.4 Å². The zero-order chi connectivity index (χ0) is 24.8. The number of nitriles is 1. The van der Waals surface area contributed by atoms with E-state index in [1.54, 1.807) is 37.5 Å². The highest BCUT2D eigenvalue weighted by atomic mass is 16.5. The van der Waals surface area contributed by atoms with Gasteiger partial charge < -0.3 is 14.8 Å². The number of hydrogen-bond acceptors (Lipinski definition) is 4. The summed E-state index contributed by atoms with van der Waals surface area (Å²) >= 11 is 0. The molecule has 0 aromatic heterocycles. The number of anilines is 1. The van der Waals surface area contributed by atoms with Crippen molar-refractivity contribution < 1.29 is 14.3 Å². The highest BCUT2D eigenvalue weighted by molar-refractivity contribution is 6.11. The molecule has 0 spiro atoms. The summed E-state index contributed by atoms with van der Waals surface area (Å²) in [4.78, 5) is 12.9. The van der Waals surface area contributed by atoms with E-state index < -0.39 is 5.91 Å². The fraction of sp³-hybridized carbons (Fsp3) is 0.133. The van der Waals surface area contributed by atoms with Crippen LogP contribution in [0.2, 0.25) is 0 Å². The number of rotatable bonds is 7. The molecule has 0 radical (unpaired) electrons. The number of carbonyl (C=O) groups is 1. The highest BCUT2D eigenvalue weighted by Gasteiger charge is 2.14. The Balaban J connectivity index is 1.68. The van der Waals surface area contributed by atoms with Crippen LogP contribution in [0.25, 0.3) is 16.8 Å². The summed E-state index contributed by atoms with van der Waals surface area (Å²) in [5, 5.41) is 14.5. The van der Waals surface area contributed by atoms with E-state index in [1.165, 1.54) is 11.1 Å². The van der Waals surface area contributed by atoms with Gasteiger partial charge in [-0.05, 0) is 66.6 Å². The van der Waals surface area contributed by atoms with E-state index in [0.29, 0.717) is 29.4 Å². The maximum absolute atomic E-state index is 12.9. The van der Waals surface area contributed by atoms with Crippen LogP contribution in [-0.4, -0.2) is 13.0 Å². The first-order valence-corrected chi connectivity index (χ1v) is 11.3. The number of amides is 1. The number of methoxy groups -OCH3 is 1. The SMILES string of the molecule is COc1ccc(NC(=O)/C(C#N)=C/c2c(OCc3cc(C)cc(C)c3)ccc3ccccc23)cc1. The summed E-state index contributed by atoms with van der Waals surface area (Å²) in [7, 11) is 1.58. The molecule has 35 heavy (non-hydrogen) atoms. The van der Waals surface area contributed by atoms with Gasteiger partial charge in [0.25, 0.3) is 5.91 Å². The second-order valence-corrected chi connectivity index (χ2v) is 8.34. The maximum Gasteiger partial charge on any atom is 0.266 e. The van der Waals surface area contributed by atoms with Gasteiger partial charge in [0.05, 0.1) is 7.11 Å². The van der Waals surface area contributed by atoms with Crippen LogP contribution in [-0.2, 0) is 11.4 Å². The maximum atomic E-state index is 12.9. The van der Waals surface area contributed by atoms with Gasteiger partial charge >= 0.3 is 0 Å². The van der Waals surface area contributed by atoms with Crippen LogP contribution in [0, 0.1) is 25.2 Å². The second kappa shape index (κ2) is 10.6. The van der Waals surface area contributed by atoms with Gasteiger partial charge in [-0.3, -0.25) is 4.79 Å². The third-order valence-corrected chi connectivity index (χ3v) is 5.61. The zero-order valence-electron chi connectivity index (χ0n) is 20.0. The number of nitrogens with zero attached hydrogens (tertiary/aromatic N) is 1. The Morgan fingerprint density at radius 2 is 1.69 bits per heavy atom. The van der Waals surface area contributed by atoms with Gasteiger partial charge in [-0.25, -0.2) is 0 Å². The Morgan fingerprint density at radius 3 is 2.37 bits per heavy atom. The first-order chi connectivity index (χ1) is 17.0. The first kappa shape index (κ1) is 23.6. The Kier molecular flexibility index (Phi) is 7.13. The molecule has 0 saturated carbocycles. The molecule has 0 aliphatic carbocycles. The van der Waals surface area contributed by atoms with E-state index >= 15 is 0 Å². The van der Waals surface area contributed by atoms with Gasteiger partial charge in [0, 0.05) is 11.3 Å². The van der Waals surface area contributed by atoms with E-state index in [2.05, 4.69) is 37.4 Å². The van der Waals surface area contributed by atoms with E-state index in [0.717, 1.165) is 16.3 Å². The van der Waals surface area contributed by atoms with Crippen LogP contribution in [0.4, 0.5) is 5.69 Å². The molecule has 0 fully saturated rings. The van der Waals surface area contributed by atoms with Gasteiger partial charge in [-0.2, -0.15) is 5.26 Å². The quantitative estimate of drug-likeness (QED) is 0.248. The molecular formula is C30H26N2O3. The molecule has 0 saturated heterocycles. The third kappa shape index (κ3) is 5.69. The molecule has 1 amide bonds. The fourth-order valence-corrected chi connectivity index (χ4v) is 4.03. The number of ether oxygens (including phenoxy) is 2. The molecule has 0 unspecified atom stereocenters. The van der Waals surface area contributed by atoms with Crippen LogP contribution < -0.4 is 14.8 Å².